The Labute approximate surface area is 39.2 Å². The molecular weight excluding hydrogens is 72.1 g/mol. The van der Waals surface area contributed by atoms with Crippen LogP contribution in [-0.4, -0.2) is 0 Å². The molecule has 0 heteroatoms. The fourth-order valence-corrected chi connectivity index (χ4v) is 0.0833. The summed E-state index contributed by atoms with van der Waals surface area (Å²) in [4.78, 5) is 0. The van der Waals surface area contributed by atoms with Gasteiger partial charge in [0.2, 0.25) is 0 Å². The van der Waals surface area contributed by atoms with Gasteiger partial charge in [0.25, 0.3) is 0 Å². The maximum Gasteiger partial charge on any atom is -0.0310 e. The van der Waals surface area contributed by atoms with Gasteiger partial charge in [-0.1, -0.05) is 24.3 Å². The predicted octanol–water partition coefficient (Wildman–Crippen LogP) is 1.95. The summed E-state index contributed by atoms with van der Waals surface area (Å²) in [7, 11) is 0. The van der Waals surface area contributed by atoms with E-state index < -0.39 is 0 Å². The molecule has 0 aliphatic rings. The third kappa shape index (κ3) is 1.77. The first-order chi connectivity index (χ1) is 2.81. The molecule has 6 heavy (non-hydrogen) atoms. The van der Waals surface area contributed by atoms with Crippen LogP contribution in [0.2, 0.25) is 0 Å². The van der Waals surface area contributed by atoms with Crippen molar-refractivity contribution in [2.45, 2.75) is 6.92 Å². The van der Waals surface area contributed by atoms with Gasteiger partial charge < -0.3 is 0 Å². The Morgan fingerprint density at radius 3 is 2.17 bits per heavy atom. The molecule has 1 radical (unpaired) electrons. The van der Waals surface area contributed by atoms with E-state index in [9.17, 15) is 0 Å². The lowest BCUT2D eigenvalue weighted by molar-refractivity contribution is 1.54. The fraction of sp³-hybridized carbons (Fsp3) is 0.167. The van der Waals surface area contributed by atoms with Gasteiger partial charge >= 0.3 is 0 Å². The molecule has 0 aliphatic heterocycles. The molecule has 0 unspecified atom stereocenters. The minimum absolute atomic E-state index is 1.12. The maximum atomic E-state index is 3.52. The fourth-order valence-electron chi connectivity index (χ4n) is 0.0833. The molecule has 0 amide bonds. The summed E-state index contributed by atoms with van der Waals surface area (Å²) < 4.78 is 0. The first kappa shape index (κ1) is 5.48. The average molecular weight is 81.1 g/mol. The predicted molar refractivity (Wildman–Crippen MR) is 29.3 cm³/mol. The monoisotopic (exact) mass is 81.1 g/mol. The zero-order valence-electron chi connectivity index (χ0n) is 4.07. The zero-order valence-corrected chi connectivity index (χ0v) is 4.07. The van der Waals surface area contributed by atoms with Crippen LogP contribution < -0.4 is 0 Å². The molecular formula is C6H9. The summed E-state index contributed by atoms with van der Waals surface area (Å²) in [6.45, 7) is 9.00. The van der Waals surface area contributed by atoms with Crippen molar-refractivity contribution in [3.05, 3.63) is 31.2 Å². The Bertz CT molecular complexity index is 68.1. The molecule has 0 bridgehead atoms. The highest BCUT2D eigenvalue weighted by Gasteiger charge is 1.66. The lowest BCUT2D eigenvalue weighted by Gasteiger charge is -1.78. The summed E-state index contributed by atoms with van der Waals surface area (Å²) >= 11 is 0. The number of rotatable bonds is 1. The van der Waals surface area contributed by atoms with E-state index in [0.717, 1.165) is 5.57 Å². The van der Waals surface area contributed by atoms with Gasteiger partial charge in [-0.05, 0) is 13.8 Å². The summed E-state index contributed by atoms with van der Waals surface area (Å²) in [6.07, 6.45) is 3.54. The lowest BCUT2D eigenvalue weighted by Crippen LogP contribution is -1.57. The number of hydrogen-bond acceptors (Lipinski definition) is 0. The summed E-state index contributed by atoms with van der Waals surface area (Å²) in [5.74, 6) is 0. The van der Waals surface area contributed by atoms with Gasteiger partial charge in [0, 0.05) is 0 Å². The molecule has 0 rings (SSSR count). The van der Waals surface area contributed by atoms with Crippen molar-refractivity contribution in [1.82, 2.24) is 0 Å². The van der Waals surface area contributed by atoms with Crippen molar-refractivity contribution in [2.75, 3.05) is 0 Å². The van der Waals surface area contributed by atoms with Crippen LogP contribution in [0, 0.1) is 6.92 Å². The van der Waals surface area contributed by atoms with Crippen LogP contribution in [0.1, 0.15) is 6.92 Å². The Hall–Kier alpha value is -0.520. The first-order valence-corrected chi connectivity index (χ1v) is 1.89. The highest BCUT2D eigenvalue weighted by atomic mass is 13.7. The highest BCUT2D eigenvalue weighted by Crippen LogP contribution is 1.87. The van der Waals surface area contributed by atoms with Crippen LogP contribution in [-0.2, 0) is 0 Å². The Morgan fingerprint density at radius 1 is 1.67 bits per heavy atom. The number of hydrogen-bond donors (Lipinski definition) is 0. The van der Waals surface area contributed by atoms with Crippen LogP contribution >= 0.6 is 0 Å². The smallest absolute Gasteiger partial charge is 0.0310 e. The van der Waals surface area contributed by atoms with Crippen LogP contribution in [0.3, 0.4) is 0 Å². The van der Waals surface area contributed by atoms with E-state index in [0.29, 0.717) is 0 Å². The second kappa shape index (κ2) is 2.70. The maximum absolute atomic E-state index is 3.52. The van der Waals surface area contributed by atoms with E-state index in [2.05, 4.69) is 13.5 Å². The molecule has 0 aliphatic carbocycles. The van der Waals surface area contributed by atoms with Gasteiger partial charge in [0.05, 0.1) is 0 Å². The van der Waals surface area contributed by atoms with Gasteiger partial charge in [-0.15, -0.1) is 0 Å². The molecule has 0 aromatic carbocycles. The zero-order chi connectivity index (χ0) is 4.99. The minimum Gasteiger partial charge on any atom is -0.0988 e. The Balaban J connectivity index is 3.50. The molecule has 0 spiro atoms. The third-order valence-electron chi connectivity index (χ3n) is 0.644. The van der Waals surface area contributed by atoms with Crippen molar-refractivity contribution in [3.8, 4) is 0 Å². The second-order valence-corrected chi connectivity index (χ2v) is 1.15. The Morgan fingerprint density at radius 2 is 2.17 bits per heavy atom. The lowest BCUT2D eigenvalue weighted by atomic mass is 10.3. The van der Waals surface area contributed by atoms with E-state index in [-0.39, 0.29) is 0 Å². The van der Waals surface area contributed by atoms with Gasteiger partial charge in [0.15, 0.2) is 0 Å². The summed E-state index contributed by atoms with van der Waals surface area (Å²) in [6, 6.07) is 0. The molecule has 0 heterocycles. The summed E-state index contributed by atoms with van der Waals surface area (Å²) in [5.41, 5.74) is 1.12. The van der Waals surface area contributed by atoms with Crippen LogP contribution in [0.15, 0.2) is 24.3 Å². The van der Waals surface area contributed by atoms with E-state index >= 15 is 0 Å². The van der Waals surface area contributed by atoms with Crippen molar-refractivity contribution in [2.24, 2.45) is 0 Å². The summed E-state index contributed by atoms with van der Waals surface area (Å²) in [5, 5.41) is 0. The molecule has 33 valence electrons. The van der Waals surface area contributed by atoms with Crippen LogP contribution in [0.25, 0.3) is 0 Å². The van der Waals surface area contributed by atoms with Crippen molar-refractivity contribution in [1.29, 1.82) is 0 Å². The van der Waals surface area contributed by atoms with Crippen LogP contribution in [0.4, 0.5) is 0 Å². The van der Waals surface area contributed by atoms with Gasteiger partial charge in [-0.3, -0.25) is 0 Å². The van der Waals surface area contributed by atoms with E-state index in [1.54, 1.807) is 12.2 Å². The quantitative estimate of drug-likeness (QED) is 0.423. The van der Waals surface area contributed by atoms with Gasteiger partial charge in [-0.25, -0.2) is 0 Å². The minimum atomic E-state index is 1.12. The number of allylic oxidation sites excluding steroid dienone is 3. The molecule has 0 saturated carbocycles. The van der Waals surface area contributed by atoms with E-state index in [4.69, 9.17) is 0 Å². The molecule has 0 atom stereocenters. The Kier molecular flexibility index (Phi) is 2.47. The van der Waals surface area contributed by atoms with E-state index in [1.165, 1.54) is 0 Å². The molecule has 0 aromatic heterocycles. The largest absolute Gasteiger partial charge is 0.0988 e. The van der Waals surface area contributed by atoms with Crippen LogP contribution in [0.5, 0.6) is 0 Å². The molecule has 0 aromatic rings. The second-order valence-electron chi connectivity index (χ2n) is 1.15. The average Bonchev–Trinajstić information content (AvgIpc) is 1.65. The standard InChI is InChI=1S/C6H9/c1-4-6(3)5-2/h4-5H,1-2H2,3H3/b6-4-. The SMILES string of the molecule is [CH2]/C=C(/C)C=C. The molecule has 0 fully saturated rings. The van der Waals surface area contributed by atoms with E-state index in [1.807, 2.05) is 6.92 Å². The normalized spacial score (nSPS) is 11.3. The van der Waals surface area contributed by atoms with Gasteiger partial charge in [0.1, 0.15) is 0 Å². The van der Waals surface area contributed by atoms with Gasteiger partial charge in [-0.2, -0.15) is 0 Å². The van der Waals surface area contributed by atoms with Crippen molar-refractivity contribution >= 4 is 0 Å². The highest BCUT2D eigenvalue weighted by molar-refractivity contribution is 5.13. The molecule has 0 saturated heterocycles. The molecule has 0 N–H and O–H groups in total. The first-order valence-electron chi connectivity index (χ1n) is 1.89. The molecule has 0 nitrogen and oxygen atoms in total. The van der Waals surface area contributed by atoms with Crippen molar-refractivity contribution < 1.29 is 0 Å². The third-order valence-corrected chi connectivity index (χ3v) is 0.644. The topological polar surface area (TPSA) is 0 Å². The van der Waals surface area contributed by atoms with Crippen molar-refractivity contribution in [3.63, 3.8) is 0 Å².